The molecule has 0 bridgehead atoms. The van der Waals surface area contributed by atoms with Crippen molar-refractivity contribution in [1.29, 1.82) is 0 Å². The summed E-state index contributed by atoms with van der Waals surface area (Å²) in [6.45, 7) is 3.68. The highest BCUT2D eigenvalue weighted by Gasteiger charge is 2.30. The minimum atomic E-state index is -4.49. The van der Waals surface area contributed by atoms with Gasteiger partial charge in [-0.2, -0.15) is 13.2 Å². The molecule has 4 rings (SSSR count). The third kappa shape index (κ3) is 5.83. The lowest BCUT2D eigenvalue weighted by atomic mass is 10.2. The summed E-state index contributed by atoms with van der Waals surface area (Å²) in [5.41, 5.74) is 1.72. The van der Waals surface area contributed by atoms with Gasteiger partial charge in [-0.25, -0.2) is 19.0 Å². The summed E-state index contributed by atoms with van der Waals surface area (Å²) in [5.74, 6) is -0.896. The average molecular weight is 502 g/mol. The number of hydrogen-bond acceptors (Lipinski definition) is 6. The smallest absolute Gasteiger partial charge is 0.321 e. The Hall–Kier alpha value is -3.80. The van der Waals surface area contributed by atoms with E-state index in [1.54, 1.807) is 0 Å². The molecule has 0 aliphatic rings. The number of alkyl halides is 3. The molecule has 0 saturated carbocycles. The maximum absolute atomic E-state index is 13.4. The molecule has 2 aromatic carbocycles. The predicted molar refractivity (Wildman–Crippen MR) is 122 cm³/mol. The van der Waals surface area contributed by atoms with Crippen molar-refractivity contribution in [3.8, 4) is 5.69 Å². The zero-order valence-corrected chi connectivity index (χ0v) is 19.3. The van der Waals surface area contributed by atoms with Crippen molar-refractivity contribution in [3.63, 3.8) is 0 Å². The number of carbonyl (C=O) groups is 1. The van der Waals surface area contributed by atoms with Crippen molar-refractivity contribution in [2.45, 2.75) is 30.9 Å². The van der Waals surface area contributed by atoms with E-state index in [-0.39, 0.29) is 17.1 Å². The van der Waals surface area contributed by atoms with Gasteiger partial charge in [0.2, 0.25) is 0 Å². The first-order chi connectivity index (χ1) is 16.6. The van der Waals surface area contributed by atoms with Gasteiger partial charge in [0.05, 0.1) is 16.9 Å². The molecule has 7 nitrogen and oxygen atoms in total. The monoisotopic (exact) mass is 502 g/mol. The van der Waals surface area contributed by atoms with Crippen molar-refractivity contribution in [3.05, 3.63) is 88.8 Å². The van der Waals surface area contributed by atoms with E-state index in [4.69, 9.17) is 0 Å². The molecule has 0 fully saturated rings. The zero-order chi connectivity index (χ0) is 25.2. The summed E-state index contributed by atoms with van der Waals surface area (Å²) in [6, 6.07) is 11.4. The third-order valence-corrected chi connectivity index (χ3v) is 5.68. The van der Waals surface area contributed by atoms with E-state index in [0.717, 1.165) is 35.7 Å². The average Bonchev–Trinajstić information content (AvgIpc) is 3.21. The Kier molecular flexibility index (Phi) is 6.83. The maximum Gasteiger partial charge on any atom is 0.416 e. The Morgan fingerprint density at radius 3 is 2.23 bits per heavy atom. The van der Waals surface area contributed by atoms with Crippen LogP contribution in [0.1, 0.15) is 33.1 Å². The van der Waals surface area contributed by atoms with Gasteiger partial charge in [0, 0.05) is 22.8 Å². The molecule has 0 saturated heterocycles. The number of carbonyl (C=O) groups excluding carboxylic acids is 1. The lowest BCUT2D eigenvalue weighted by molar-refractivity contribution is -0.137. The normalized spacial score (nSPS) is 11.5. The van der Waals surface area contributed by atoms with Crippen molar-refractivity contribution < 1.29 is 22.4 Å². The predicted octanol–water partition coefficient (Wildman–Crippen LogP) is 5.38. The van der Waals surface area contributed by atoms with E-state index in [1.807, 2.05) is 19.9 Å². The lowest BCUT2D eigenvalue weighted by Gasteiger charge is -2.10. The molecule has 0 atom stereocenters. The van der Waals surface area contributed by atoms with Gasteiger partial charge in [-0.05, 0) is 68.4 Å². The van der Waals surface area contributed by atoms with Gasteiger partial charge in [-0.15, -0.1) is 5.10 Å². The van der Waals surface area contributed by atoms with Gasteiger partial charge in [-0.1, -0.05) is 17.0 Å². The van der Waals surface area contributed by atoms with Crippen LogP contribution in [0, 0.1) is 19.7 Å². The minimum Gasteiger partial charge on any atom is -0.321 e. The number of anilines is 1. The second-order valence-electron chi connectivity index (χ2n) is 7.52. The van der Waals surface area contributed by atoms with Crippen molar-refractivity contribution in [2.75, 3.05) is 5.32 Å². The largest absolute Gasteiger partial charge is 0.416 e. The van der Waals surface area contributed by atoms with E-state index in [1.165, 1.54) is 40.7 Å². The van der Waals surface area contributed by atoms with Crippen LogP contribution in [0.15, 0.2) is 59.8 Å². The number of thioether (sulfide) groups is 1. The molecule has 0 radical (unpaired) electrons. The standard InChI is InChI=1S/C23H18F4N6OS/c1-13-11-14(2)29-22(28-13)35-12-19-20(31-32-33(19)18-9-5-16(24)6-10-18)21(34)30-17-7-3-15(4-8-17)23(25,26)27/h3-11H,12H2,1-2H3,(H,30,34). The number of amides is 1. The summed E-state index contributed by atoms with van der Waals surface area (Å²) < 4.78 is 53.3. The first kappa shape index (κ1) is 24.3. The maximum atomic E-state index is 13.4. The van der Waals surface area contributed by atoms with Gasteiger partial charge in [0.25, 0.3) is 5.91 Å². The first-order valence-corrected chi connectivity index (χ1v) is 11.2. The van der Waals surface area contributed by atoms with Gasteiger partial charge in [0.15, 0.2) is 10.9 Å². The second-order valence-corrected chi connectivity index (χ2v) is 8.47. The first-order valence-electron chi connectivity index (χ1n) is 10.2. The highest BCUT2D eigenvalue weighted by atomic mass is 32.2. The van der Waals surface area contributed by atoms with Crippen LogP contribution in [-0.4, -0.2) is 30.9 Å². The molecule has 0 unspecified atom stereocenters. The van der Waals surface area contributed by atoms with Crippen LogP contribution < -0.4 is 5.32 Å². The summed E-state index contributed by atoms with van der Waals surface area (Å²) >= 11 is 1.26. The van der Waals surface area contributed by atoms with E-state index in [0.29, 0.717) is 16.5 Å². The number of nitrogens with one attached hydrogen (secondary N) is 1. The molecule has 4 aromatic rings. The lowest BCUT2D eigenvalue weighted by Crippen LogP contribution is -2.15. The fourth-order valence-electron chi connectivity index (χ4n) is 3.22. The van der Waals surface area contributed by atoms with Gasteiger partial charge >= 0.3 is 6.18 Å². The molecule has 2 aromatic heterocycles. The molecule has 0 aliphatic carbocycles. The quantitative estimate of drug-likeness (QED) is 0.217. The van der Waals surface area contributed by atoms with Crippen molar-refractivity contribution >= 4 is 23.4 Å². The number of aryl methyl sites for hydroxylation is 2. The summed E-state index contributed by atoms with van der Waals surface area (Å²) in [7, 11) is 0. The van der Waals surface area contributed by atoms with Gasteiger partial charge in [-0.3, -0.25) is 4.79 Å². The van der Waals surface area contributed by atoms with E-state index in [9.17, 15) is 22.4 Å². The Balaban J connectivity index is 1.63. The molecule has 35 heavy (non-hydrogen) atoms. The molecule has 0 aliphatic heterocycles. The van der Waals surface area contributed by atoms with Crippen LogP contribution in [0.2, 0.25) is 0 Å². The number of aromatic nitrogens is 5. The van der Waals surface area contributed by atoms with Crippen LogP contribution in [0.3, 0.4) is 0 Å². The Labute approximate surface area is 201 Å². The van der Waals surface area contributed by atoms with Crippen LogP contribution in [0.4, 0.5) is 23.2 Å². The fourth-order valence-corrected chi connectivity index (χ4v) is 4.16. The zero-order valence-electron chi connectivity index (χ0n) is 18.5. The molecule has 1 N–H and O–H groups in total. The molecule has 12 heteroatoms. The molecule has 2 heterocycles. The number of nitrogens with zero attached hydrogens (tertiary/aromatic N) is 5. The summed E-state index contributed by atoms with van der Waals surface area (Å²) in [6.07, 6.45) is -4.49. The van der Waals surface area contributed by atoms with E-state index in [2.05, 4.69) is 25.6 Å². The van der Waals surface area contributed by atoms with Crippen molar-refractivity contribution in [2.24, 2.45) is 0 Å². The highest BCUT2D eigenvalue weighted by molar-refractivity contribution is 7.98. The second kappa shape index (κ2) is 9.82. The molecular formula is C23H18F4N6OS. The fraction of sp³-hybridized carbons (Fsp3) is 0.174. The van der Waals surface area contributed by atoms with Crippen LogP contribution in [-0.2, 0) is 11.9 Å². The Bertz CT molecular complexity index is 1330. The number of benzene rings is 2. The summed E-state index contributed by atoms with van der Waals surface area (Å²) in [5, 5.41) is 11.1. The summed E-state index contributed by atoms with van der Waals surface area (Å²) in [4.78, 5) is 21.7. The Morgan fingerprint density at radius 2 is 1.63 bits per heavy atom. The van der Waals surface area contributed by atoms with E-state index >= 15 is 0 Å². The number of hydrogen-bond donors (Lipinski definition) is 1. The molecule has 0 spiro atoms. The topological polar surface area (TPSA) is 85.6 Å². The van der Waals surface area contributed by atoms with Crippen molar-refractivity contribution in [1.82, 2.24) is 25.0 Å². The van der Waals surface area contributed by atoms with Crippen LogP contribution in [0.5, 0.6) is 0 Å². The SMILES string of the molecule is Cc1cc(C)nc(SCc2c(C(=O)Nc3ccc(C(F)(F)F)cc3)nnn2-c2ccc(F)cc2)n1. The van der Waals surface area contributed by atoms with Gasteiger partial charge in [0.1, 0.15) is 5.82 Å². The number of rotatable bonds is 6. The molecular weight excluding hydrogens is 484 g/mol. The number of halogens is 4. The third-order valence-electron chi connectivity index (χ3n) is 4.82. The Morgan fingerprint density at radius 1 is 1.00 bits per heavy atom. The van der Waals surface area contributed by atoms with Crippen LogP contribution in [0.25, 0.3) is 5.69 Å². The highest BCUT2D eigenvalue weighted by Crippen LogP contribution is 2.30. The van der Waals surface area contributed by atoms with E-state index < -0.39 is 23.5 Å². The van der Waals surface area contributed by atoms with Gasteiger partial charge < -0.3 is 5.32 Å². The molecule has 180 valence electrons. The minimum absolute atomic E-state index is 0.0360. The van der Waals surface area contributed by atoms with Crippen LogP contribution >= 0.6 is 11.8 Å². The molecule has 1 amide bonds.